The number of likely N-dealkylation sites (tertiary alicyclic amines) is 1. The number of hydrogen-bond acceptors (Lipinski definition) is 4. The van der Waals surface area contributed by atoms with Crippen molar-refractivity contribution in [3.63, 3.8) is 0 Å². The van der Waals surface area contributed by atoms with Gasteiger partial charge in [0.05, 0.1) is 5.39 Å². The molecule has 17 heavy (non-hydrogen) atoms. The number of hydrogen-bond donors (Lipinski definition) is 2. The standard InChI is InChI=1S/C11H14ClN5/c12-9-8-5-7(6-17-3-1-2-4-17)14-10(8)16-11(13)15-9/h5H,1-4,6H2,(H3,13,14,15,16). The van der Waals surface area contributed by atoms with Gasteiger partial charge in [0, 0.05) is 12.2 Å². The zero-order chi connectivity index (χ0) is 11.8. The molecule has 1 aliphatic rings. The number of nitrogens with two attached hydrogens (primary N) is 1. The minimum atomic E-state index is 0.206. The highest BCUT2D eigenvalue weighted by Gasteiger charge is 2.14. The maximum atomic E-state index is 6.03. The number of halogens is 1. The third-order valence-electron chi connectivity index (χ3n) is 3.11. The molecule has 0 atom stereocenters. The summed E-state index contributed by atoms with van der Waals surface area (Å²) in [6, 6.07) is 2.01. The van der Waals surface area contributed by atoms with Crippen LogP contribution in [0.4, 0.5) is 5.95 Å². The lowest BCUT2D eigenvalue weighted by Gasteiger charge is -2.12. The van der Waals surface area contributed by atoms with E-state index in [4.69, 9.17) is 17.3 Å². The minimum absolute atomic E-state index is 0.206. The first-order valence-corrected chi connectivity index (χ1v) is 6.13. The van der Waals surface area contributed by atoms with Gasteiger partial charge in [-0.05, 0) is 32.0 Å². The van der Waals surface area contributed by atoms with Crippen LogP contribution in [0.1, 0.15) is 18.5 Å². The molecule has 1 fully saturated rings. The molecule has 90 valence electrons. The predicted molar refractivity (Wildman–Crippen MR) is 67.8 cm³/mol. The van der Waals surface area contributed by atoms with Crippen LogP contribution >= 0.6 is 11.6 Å². The van der Waals surface area contributed by atoms with Gasteiger partial charge in [0.2, 0.25) is 5.95 Å². The highest BCUT2D eigenvalue weighted by atomic mass is 35.5. The number of nitrogens with one attached hydrogen (secondary N) is 1. The third-order valence-corrected chi connectivity index (χ3v) is 3.39. The molecule has 2 aromatic rings. The maximum absolute atomic E-state index is 6.03. The van der Waals surface area contributed by atoms with Gasteiger partial charge in [0.1, 0.15) is 10.8 Å². The Hall–Kier alpha value is -1.33. The molecule has 1 aliphatic heterocycles. The van der Waals surface area contributed by atoms with E-state index >= 15 is 0 Å². The Kier molecular flexibility index (Phi) is 2.64. The lowest BCUT2D eigenvalue weighted by Crippen LogP contribution is -2.18. The summed E-state index contributed by atoms with van der Waals surface area (Å²) in [5.74, 6) is 0.206. The van der Waals surface area contributed by atoms with Crippen molar-refractivity contribution in [2.75, 3.05) is 18.8 Å². The van der Waals surface area contributed by atoms with Crippen LogP contribution in [-0.4, -0.2) is 32.9 Å². The molecular formula is C11H14ClN5. The number of anilines is 1. The van der Waals surface area contributed by atoms with E-state index in [1.54, 1.807) is 0 Å². The second-order valence-electron chi connectivity index (χ2n) is 4.41. The summed E-state index contributed by atoms with van der Waals surface area (Å²) in [7, 11) is 0. The van der Waals surface area contributed by atoms with Gasteiger partial charge in [-0.25, -0.2) is 4.98 Å². The van der Waals surface area contributed by atoms with E-state index in [9.17, 15) is 0 Å². The van der Waals surface area contributed by atoms with E-state index in [1.165, 1.54) is 12.8 Å². The lowest BCUT2D eigenvalue weighted by molar-refractivity contribution is 0.328. The SMILES string of the molecule is Nc1nc(Cl)c2cc(CN3CCCC3)[nH]c2n1. The van der Waals surface area contributed by atoms with E-state index in [2.05, 4.69) is 19.9 Å². The number of nitrogen functional groups attached to an aromatic ring is 1. The smallest absolute Gasteiger partial charge is 0.223 e. The molecule has 0 spiro atoms. The first-order valence-electron chi connectivity index (χ1n) is 5.75. The van der Waals surface area contributed by atoms with Gasteiger partial charge in [-0.15, -0.1) is 0 Å². The summed E-state index contributed by atoms with van der Waals surface area (Å²) in [5.41, 5.74) is 7.39. The normalized spacial score (nSPS) is 17.0. The molecule has 0 aliphatic carbocycles. The molecule has 3 heterocycles. The van der Waals surface area contributed by atoms with Crippen LogP contribution in [0, 0.1) is 0 Å². The number of aromatic amines is 1. The van der Waals surface area contributed by atoms with Crippen molar-refractivity contribution in [1.82, 2.24) is 19.9 Å². The van der Waals surface area contributed by atoms with Crippen LogP contribution in [0.3, 0.4) is 0 Å². The van der Waals surface area contributed by atoms with Crippen LogP contribution < -0.4 is 5.73 Å². The molecule has 3 N–H and O–H groups in total. The van der Waals surface area contributed by atoms with Crippen molar-refractivity contribution in [2.45, 2.75) is 19.4 Å². The van der Waals surface area contributed by atoms with Crippen molar-refractivity contribution in [1.29, 1.82) is 0 Å². The molecule has 0 unspecified atom stereocenters. The summed E-state index contributed by atoms with van der Waals surface area (Å²) in [4.78, 5) is 13.7. The van der Waals surface area contributed by atoms with Crippen LogP contribution in [0.25, 0.3) is 11.0 Å². The molecule has 2 aromatic heterocycles. The Labute approximate surface area is 104 Å². The molecule has 0 saturated carbocycles. The average Bonchev–Trinajstić information content (AvgIpc) is 2.87. The number of fused-ring (bicyclic) bond motifs is 1. The predicted octanol–water partition coefficient (Wildman–Crippen LogP) is 1.79. The summed E-state index contributed by atoms with van der Waals surface area (Å²) >= 11 is 6.03. The number of H-pyrrole nitrogens is 1. The maximum Gasteiger partial charge on any atom is 0.223 e. The largest absolute Gasteiger partial charge is 0.368 e. The number of rotatable bonds is 2. The molecule has 5 nitrogen and oxygen atoms in total. The fourth-order valence-electron chi connectivity index (χ4n) is 2.31. The second kappa shape index (κ2) is 4.16. The fraction of sp³-hybridized carbons (Fsp3) is 0.455. The summed E-state index contributed by atoms with van der Waals surface area (Å²) in [5, 5.41) is 1.26. The number of nitrogens with zero attached hydrogens (tertiary/aromatic N) is 3. The van der Waals surface area contributed by atoms with Crippen LogP contribution in [-0.2, 0) is 6.54 Å². The van der Waals surface area contributed by atoms with Gasteiger partial charge < -0.3 is 10.7 Å². The molecular weight excluding hydrogens is 238 g/mol. The minimum Gasteiger partial charge on any atom is -0.368 e. The Morgan fingerprint density at radius 2 is 2.12 bits per heavy atom. The van der Waals surface area contributed by atoms with Crippen molar-refractivity contribution < 1.29 is 0 Å². The average molecular weight is 252 g/mol. The molecule has 0 amide bonds. The van der Waals surface area contributed by atoms with Crippen molar-refractivity contribution >= 4 is 28.6 Å². The first-order chi connectivity index (χ1) is 8.22. The van der Waals surface area contributed by atoms with Crippen molar-refractivity contribution in [2.24, 2.45) is 0 Å². The fourth-order valence-corrected chi connectivity index (χ4v) is 2.54. The topological polar surface area (TPSA) is 70.8 Å². The van der Waals surface area contributed by atoms with Crippen molar-refractivity contribution in [3.8, 4) is 0 Å². The van der Waals surface area contributed by atoms with Crippen LogP contribution in [0.5, 0.6) is 0 Å². The van der Waals surface area contributed by atoms with Gasteiger partial charge in [0.15, 0.2) is 0 Å². The van der Waals surface area contributed by atoms with Gasteiger partial charge >= 0.3 is 0 Å². The van der Waals surface area contributed by atoms with Gasteiger partial charge in [0.25, 0.3) is 0 Å². The summed E-state index contributed by atoms with van der Waals surface area (Å²) in [6.45, 7) is 3.24. The van der Waals surface area contributed by atoms with Crippen LogP contribution in [0.15, 0.2) is 6.07 Å². The summed E-state index contributed by atoms with van der Waals surface area (Å²) in [6.07, 6.45) is 2.57. The molecule has 0 radical (unpaired) electrons. The van der Waals surface area contributed by atoms with Crippen LogP contribution in [0.2, 0.25) is 5.15 Å². The van der Waals surface area contributed by atoms with E-state index < -0.39 is 0 Å². The molecule has 0 aromatic carbocycles. The highest BCUT2D eigenvalue weighted by molar-refractivity contribution is 6.34. The summed E-state index contributed by atoms with van der Waals surface area (Å²) < 4.78 is 0. The van der Waals surface area contributed by atoms with E-state index in [1.807, 2.05) is 6.07 Å². The quantitative estimate of drug-likeness (QED) is 0.799. The molecule has 0 bridgehead atoms. The first kappa shape index (κ1) is 10.8. The van der Waals surface area contributed by atoms with Crippen molar-refractivity contribution in [3.05, 3.63) is 16.9 Å². The molecule has 1 saturated heterocycles. The highest BCUT2D eigenvalue weighted by Crippen LogP contribution is 2.23. The second-order valence-corrected chi connectivity index (χ2v) is 4.77. The van der Waals surface area contributed by atoms with E-state index in [-0.39, 0.29) is 5.95 Å². The Balaban J connectivity index is 1.93. The lowest BCUT2D eigenvalue weighted by atomic mass is 10.3. The third kappa shape index (κ3) is 2.08. The van der Waals surface area contributed by atoms with E-state index in [0.29, 0.717) is 5.15 Å². The zero-order valence-electron chi connectivity index (χ0n) is 9.41. The molecule has 6 heteroatoms. The monoisotopic (exact) mass is 251 g/mol. The van der Waals surface area contributed by atoms with Gasteiger partial charge in [-0.2, -0.15) is 4.98 Å². The van der Waals surface area contributed by atoms with Gasteiger partial charge in [-0.3, -0.25) is 4.90 Å². The van der Waals surface area contributed by atoms with Gasteiger partial charge in [-0.1, -0.05) is 11.6 Å². The Morgan fingerprint density at radius 3 is 2.88 bits per heavy atom. The number of aromatic nitrogens is 3. The Morgan fingerprint density at radius 1 is 1.35 bits per heavy atom. The zero-order valence-corrected chi connectivity index (χ0v) is 10.2. The molecule has 3 rings (SSSR count). The van der Waals surface area contributed by atoms with E-state index in [0.717, 1.165) is 36.4 Å². The Bertz CT molecular complexity index is 544.